The second-order valence-electron chi connectivity index (χ2n) is 3.99. The fraction of sp³-hybridized carbons (Fsp3) is 0.333. The predicted octanol–water partition coefficient (Wildman–Crippen LogP) is 1.72. The van der Waals surface area contributed by atoms with Gasteiger partial charge >= 0.3 is 5.97 Å². The molecular weight excluding hydrogens is 225 g/mol. The molecule has 1 atom stereocenters. The van der Waals surface area contributed by atoms with Gasteiger partial charge in [-0.2, -0.15) is 0 Å². The molecule has 0 aromatic heterocycles. The van der Waals surface area contributed by atoms with Crippen LogP contribution in [0.25, 0.3) is 0 Å². The first-order valence-corrected chi connectivity index (χ1v) is 5.20. The number of rotatable bonds is 4. The molecule has 0 saturated carbocycles. The Kier molecular flexibility index (Phi) is 4.20. The molecule has 0 heterocycles. The third-order valence-electron chi connectivity index (χ3n) is 2.26. The first kappa shape index (κ1) is 13.2. The van der Waals surface area contributed by atoms with Gasteiger partial charge in [0.15, 0.2) is 6.04 Å². The molecule has 1 rings (SSSR count). The molecule has 0 radical (unpaired) electrons. The number of carbonyl (C=O) groups is 2. The molecule has 0 saturated heterocycles. The van der Waals surface area contributed by atoms with Crippen LogP contribution in [0.3, 0.4) is 0 Å². The number of aliphatic carboxylic acids is 1. The molecule has 0 aliphatic heterocycles. The minimum atomic E-state index is -1.18. The number of carbonyl (C=O) groups excluding carboxylic acids is 1. The van der Waals surface area contributed by atoms with Crippen LogP contribution in [-0.2, 0) is 9.59 Å². The number of carboxylic acid groups (broad SMARTS) is 1. The zero-order valence-electron chi connectivity index (χ0n) is 9.61. The van der Waals surface area contributed by atoms with E-state index in [4.69, 9.17) is 5.11 Å². The summed E-state index contributed by atoms with van der Waals surface area (Å²) in [5.41, 5.74) is 0.341. The van der Waals surface area contributed by atoms with Gasteiger partial charge in [-0.05, 0) is 17.7 Å². The molecule has 0 aliphatic rings. The van der Waals surface area contributed by atoms with Crippen LogP contribution >= 0.6 is 0 Å². The Hall–Kier alpha value is -1.91. The molecule has 0 fully saturated rings. The highest BCUT2D eigenvalue weighted by Gasteiger charge is 2.22. The molecular formula is C12H14FNO3. The Morgan fingerprint density at radius 1 is 1.24 bits per heavy atom. The van der Waals surface area contributed by atoms with Gasteiger partial charge in [-0.15, -0.1) is 0 Å². The van der Waals surface area contributed by atoms with Crippen molar-refractivity contribution in [3.63, 3.8) is 0 Å². The molecule has 1 amide bonds. The summed E-state index contributed by atoms with van der Waals surface area (Å²) in [6, 6.07) is 3.86. The quantitative estimate of drug-likeness (QED) is 0.840. The lowest BCUT2D eigenvalue weighted by molar-refractivity contribution is -0.142. The van der Waals surface area contributed by atoms with Crippen LogP contribution in [0.5, 0.6) is 0 Å². The van der Waals surface area contributed by atoms with Crippen LogP contribution in [0.15, 0.2) is 24.3 Å². The number of hydrogen-bond acceptors (Lipinski definition) is 2. The van der Waals surface area contributed by atoms with E-state index in [1.165, 1.54) is 12.1 Å². The van der Waals surface area contributed by atoms with Crippen LogP contribution < -0.4 is 5.32 Å². The van der Waals surface area contributed by atoms with Crippen molar-refractivity contribution in [1.82, 2.24) is 5.32 Å². The first-order valence-electron chi connectivity index (χ1n) is 5.20. The number of carboxylic acids is 1. The fourth-order valence-electron chi connectivity index (χ4n) is 1.25. The maximum Gasteiger partial charge on any atom is 0.330 e. The van der Waals surface area contributed by atoms with Gasteiger partial charge in [0.05, 0.1) is 0 Å². The summed E-state index contributed by atoms with van der Waals surface area (Å²) < 4.78 is 12.7. The Morgan fingerprint density at radius 2 is 1.76 bits per heavy atom. The van der Waals surface area contributed by atoms with E-state index in [0.29, 0.717) is 5.56 Å². The molecule has 0 spiro atoms. The lowest BCUT2D eigenvalue weighted by Gasteiger charge is -2.16. The SMILES string of the molecule is CC(C)C(=O)N[C@H](C(=O)O)c1ccc(F)cc1. The highest BCUT2D eigenvalue weighted by molar-refractivity contribution is 5.85. The van der Waals surface area contributed by atoms with Gasteiger partial charge in [-0.1, -0.05) is 26.0 Å². The van der Waals surface area contributed by atoms with E-state index in [1.807, 2.05) is 0 Å². The molecule has 92 valence electrons. The second kappa shape index (κ2) is 5.43. The van der Waals surface area contributed by atoms with Crippen molar-refractivity contribution in [2.75, 3.05) is 0 Å². The number of nitrogens with one attached hydrogen (secondary N) is 1. The molecule has 0 unspecified atom stereocenters. The standard InChI is InChI=1S/C12H14FNO3/c1-7(2)11(15)14-10(12(16)17)8-3-5-9(13)6-4-8/h3-7,10H,1-2H3,(H,14,15)(H,16,17)/t10-/m0/s1. The monoisotopic (exact) mass is 239 g/mol. The number of benzene rings is 1. The summed E-state index contributed by atoms with van der Waals surface area (Å²) in [6.07, 6.45) is 0. The van der Waals surface area contributed by atoms with E-state index >= 15 is 0 Å². The maximum absolute atomic E-state index is 12.7. The van der Waals surface area contributed by atoms with Crippen molar-refractivity contribution in [3.05, 3.63) is 35.6 Å². The van der Waals surface area contributed by atoms with Crippen LogP contribution in [0.1, 0.15) is 25.5 Å². The van der Waals surface area contributed by atoms with E-state index in [9.17, 15) is 14.0 Å². The summed E-state index contributed by atoms with van der Waals surface area (Å²) in [5.74, 6) is -2.29. The van der Waals surface area contributed by atoms with Crippen molar-refractivity contribution in [2.45, 2.75) is 19.9 Å². The first-order chi connectivity index (χ1) is 7.91. The van der Waals surface area contributed by atoms with Crippen molar-refractivity contribution >= 4 is 11.9 Å². The van der Waals surface area contributed by atoms with Crippen molar-refractivity contribution in [3.8, 4) is 0 Å². The van der Waals surface area contributed by atoms with Crippen molar-refractivity contribution in [2.24, 2.45) is 5.92 Å². The Bertz CT molecular complexity index is 414. The fourth-order valence-corrected chi connectivity index (χ4v) is 1.25. The molecule has 4 nitrogen and oxygen atoms in total. The van der Waals surface area contributed by atoms with Crippen molar-refractivity contribution < 1.29 is 19.1 Å². The molecule has 0 bridgehead atoms. The topological polar surface area (TPSA) is 66.4 Å². The summed E-state index contributed by atoms with van der Waals surface area (Å²) in [6.45, 7) is 3.33. The van der Waals surface area contributed by atoms with Gasteiger partial charge in [0, 0.05) is 5.92 Å². The summed E-state index contributed by atoms with van der Waals surface area (Å²) >= 11 is 0. The zero-order chi connectivity index (χ0) is 13.0. The van der Waals surface area contributed by atoms with Crippen LogP contribution in [-0.4, -0.2) is 17.0 Å². The molecule has 5 heteroatoms. The van der Waals surface area contributed by atoms with Crippen LogP contribution in [0.4, 0.5) is 4.39 Å². The smallest absolute Gasteiger partial charge is 0.330 e. The largest absolute Gasteiger partial charge is 0.479 e. The predicted molar refractivity (Wildman–Crippen MR) is 59.8 cm³/mol. The van der Waals surface area contributed by atoms with Gasteiger partial charge in [0.2, 0.25) is 5.91 Å². The average molecular weight is 239 g/mol. The Morgan fingerprint density at radius 3 is 2.18 bits per heavy atom. The Labute approximate surface area is 98.5 Å². The summed E-state index contributed by atoms with van der Waals surface area (Å²) in [7, 11) is 0. The molecule has 0 aliphatic carbocycles. The lowest BCUT2D eigenvalue weighted by atomic mass is 10.1. The normalized spacial score (nSPS) is 12.2. The van der Waals surface area contributed by atoms with Crippen LogP contribution in [0, 0.1) is 11.7 Å². The van der Waals surface area contributed by atoms with Gasteiger partial charge in [-0.3, -0.25) is 4.79 Å². The number of halogens is 1. The van der Waals surface area contributed by atoms with Crippen molar-refractivity contribution in [1.29, 1.82) is 0 Å². The van der Waals surface area contributed by atoms with Gasteiger partial charge in [-0.25, -0.2) is 9.18 Å². The third-order valence-corrected chi connectivity index (χ3v) is 2.26. The Balaban J connectivity index is 2.90. The average Bonchev–Trinajstić information content (AvgIpc) is 2.26. The van der Waals surface area contributed by atoms with Gasteiger partial charge in [0.25, 0.3) is 0 Å². The van der Waals surface area contributed by atoms with E-state index in [2.05, 4.69) is 5.32 Å². The number of amides is 1. The molecule has 2 N–H and O–H groups in total. The van der Waals surface area contributed by atoms with Gasteiger partial charge < -0.3 is 10.4 Å². The second-order valence-corrected chi connectivity index (χ2v) is 3.99. The molecule has 1 aromatic carbocycles. The maximum atomic E-state index is 12.7. The van der Waals surface area contributed by atoms with Crippen LogP contribution in [0.2, 0.25) is 0 Å². The minimum Gasteiger partial charge on any atom is -0.479 e. The van der Waals surface area contributed by atoms with E-state index in [0.717, 1.165) is 12.1 Å². The lowest BCUT2D eigenvalue weighted by Crippen LogP contribution is -2.36. The van der Waals surface area contributed by atoms with E-state index in [-0.39, 0.29) is 11.8 Å². The highest BCUT2D eigenvalue weighted by atomic mass is 19.1. The third kappa shape index (κ3) is 3.55. The summed E-state index contributed by atoms with van der Waals surface area (Å²) in [4.78, 5) is 22.5. The number of hydrogen-bond donors (Lipinski definition) is 2. The zero-order valence-corrected chi connectivity index (χ0v) is 9.61. The van der Waals surface area contributed by atoms with E-state index < -0.39 is 17.8 Å². The minimum absolute atomic E-state index is 0.308. The highest BCUT2D eigenvalue weighted by Crippen LogP contribution is 2.14. The molecule has 17 heavy (non-hydrogen) atoms. The van der Waals surface area contributed by atoms with E-state index in [1.54, 1.807) is 13.8 Å². The molecule has 1 aromatic rings. The van der Waals surface area contributed by atoms with Gasteiger partial charge in [0.1, 0.15) is 5.82 Å². The summed E-state index contributed by atoms with van der Waals surface area (Å²) in [5, 5.41) is 11.4.